The number of methoxy groups -OCH3 is 1. The maximum Gasteiger partial charge on any atom is 0.435 e. The smallest absolute Gasteiger partial charge is 0.435 e. The van der Waals surface area contributed by atoms with Crippen molar-refractivity contribution in [1.29, 1.82) is 0 Å². The molecule has 0 aliphatic heterocycles. The lowest BCUT2D eigenvalue weighted by molar-refractivity contribution is -0.141. The number of nitrogens with zero attached hydrogens (tertiary/aromatic N) is 2. The molecule has 9 heteroatoms. The summed E-state index contributed by atoms with van der Waals surface area (Å²) in [5.41, 5.74) is -0.315. The number of carbonyl (C=O) groups is 1. The zero-order valence-electron chi connectivity index (χ0n) is 14.8. The SMILES string of the molecule is COc1ccc(OCC(=O)NCCn2nc(C(F)(F)F)cc2C2CC2)cc1. The Labute approximate surface area is 154 Å². The van der Waals surface area contributed by atoms with Gasteiger partial charge in [0.25, 0.3) is 5.91 Å². The van der Waals surface area contributed by atoms with E-state index in [0.717, 1.165) is 18.9 Å². The molecule has 27 heavy (non-hydrogen) atoms. The standard InChI is InChI=1S/C18H20F3N3O3/c1-26-13-4-6-14(7-5-13)27-11-17(25)22-8-9-24-15(12-2-3-12)10-16(23-24)18(19,20)21/h4-7,10,12H,2-3,8-9,11H2,1H3,(H,22,25). The zero-order chi connectivity index (χ0) is 19.4. The molecule has 0 radical (unpaired) electrons. The summed E-state index contributed by atoms with van der Waals surface area (Å²) < 4.78 is 50.3. The molecule has 1 amide bonds. The Morgan fingerprint density at radius 1 is 1.26 bits per heavy atom. The van der Waals surface area contributed by atoms with E-state index in [2.05, 4.69) is 10.4 Å². The molecule has 1 aromatic heterocycles. The molecule has 0 saturated heterocycles. The van der Waals surface area contributed by atoms with Crippen molar-refractivity contribution in [1.82, 2.24) is 15.1 Å². The summed E-state index contributed by atoms with van der Waals surface area (Å²) in [5, 5.41) is 6.27. The van der Waals surface area contributed by atoms with Crippen LogP contribution in [0.1, 0.15) is 30.1 Å². The van der Waals surface area contributed by atoms with Crippen molar-refractivity contribution in [3.8, 4) is 11.5 Å². The van der Waals surface area contributed by atoms with Gasteiger partial charge in [0.2, 0.25) is 0 Å². The molecule has 1 heterocycles. The van der Waals surface area contributed by atoms with Crippen LogP contribution in [0, 0.1) is 0 Å². The molecule has 3 rings (SSSR count). The van der Waals surface area contributed by atoms with Gasteiger partial charge in [-0.05, 0) is 43.2 Å². The number of hydrogen-bond donors (Lipinski definition) is 1. The predicted molar refractivity (Wildman–Crippen MR) is 90.7 cm³/mol. The normalized spacial score (nSPS) is 14.1. The van der Waals surface area contributed by atoms with Crippen molar-refractivity contribution < 1.29 is 27.4 Å². The van der Waals surface area contributed by atoms with Gasteiger partial charge >= 0.3 is 6.18 Å². The summed E-state index contributed by atoms with van der Waals surface area (Å²) in [5.74, 6) is 0.962. The van der Waals surface area contributed by atoms with Crippen LogP contribution in [0.3, 0.4) is 0 Å². The van der Waals surface area contributed by atoms with E-state index in [9.17, 15) is 18.0 Å². The molecule has 0 atom stereocenters. The van der Waals surface area contributed by atoms with Crippen LogP contribution in [0.2, 0.25) is 0 Å². The van der Waals surface area contributed by atoms with Crippen molar-refractivity contribution >= 4 is 5.91 Å². The van der Waals surface area contributed by atoms with Crippen LogP contribution in [0.25, 0.3) is 0 Å². The summed E-state index contributed by atoms with van der Waals surface area (Å²) in [7, 11) is 1.55. The van der Waals surface area contributed by atoms with E-state index in [1.165, 1.54) is 4.68 Å². The van der Waals surface area contributed by atoms with Gasteiger partial charge in [-0.1, -0.05) is 0 Å². The lowest BCUT2D eigenvalue weighted by atomic mass is 10.2. The number of benzene rings is 1. The molecule has 6 nitrogen and oxygen atoms in total. The van der Waals surface area contributed by atoms with Crippen LogP contribution >= 0.6 is 0 Å². The van der Waals surface area contributed by atoms with Crippen molar-refractivity contribution in [3.63, 3.8) is 0 Å². The second-order valence-electron chi connectivity index (χ2n) is 6.26. The highest BCUT2D eigenvalue weighted by atomic mass is 19.4. The average molecular weight is 383 g/mol. The molecule has 1 fully saturated rings. The van der Waals surface area contributed by atoms with E-state index in [4.69, 9.17) is 9.47 Å². The summed E-state index contributed by atoms with van der Waals surface area (Å²) >= 11 is 0. The van der Waals surface area contributed by atoms with Gasteiger partial charge in [0.15, 0.2) is 12.3 Å². The number of ether oxygens (including phenoxy) is 2. The monoisotopic (exact) mass is 383 g/mol. The number of hydrogen-bond acceptors (Lipinski definition) is 4. The van der Waals surface area contributed by atoms with Crippen molar-refractivity contribution in [2.45, 2.75) is 31.5 Å². The maximum absolute atomic E-state index is 12.9. The number of nitrogens with one attached hydrogen (secondary N) is 1. The Kier molecular flexibility index (Phi) is 5.57. The average Bonchev–Trinajstić information content (AvgIpc) is 3.39. The second kappa shape index (κ2) is 7.89. The van der Waals surface area contributed by atoms with Crippen molar-refractivity contribution in [3.05, 3.63) is 41.7 Å². The quantitative estimate of drug-likeness (QED) is 0.761. The first-order valence-electron chi connectivity index (χ1n) is 8.55. The number of alkyl halides is 3. The molecule has 0 unspecified atom stereocenters. The zero-order valence-corrected chi connectivity index (χ0v) is 14.8. The molecule has 146 valence electrons. The van der Waals surface area contributed by atoms with Crippen molar-refractivity contribution in [2.75, 3.05) is 20.3 Å². The number of carbonyl (C=O) groups excluding carboxylic acids is 1. The van der Waals surface area contributed by atoms with E-state index in [1.54, 1.807) is 31.4 Å². The molecule has 1 saturated carbocycles. The van der Waals surface area contributed by atoms with E-state index in [0.29, 0.717) is 17.2 Å². The third-order valence-electron chi connectivity index (χ3n) is 4.17. The summed E-state index contributed by atoms with van der Waals surface area (Å²) in [6, 6.07) is 7.88. The minimum Gasteiger partial charge on any atom is -0.497 e. The number of amides is 1. The highest BCUT2D eigenvalue weighted by Crippen LogP contribution is 2.42. The predicted octanol–water partition coefficient (Wildman–Crippen LogP) is 2.98. The summed E-state index contributed by atoms with van der Waals surface area (Å²) in [6.45, 7) is 0.161. The lowest BCUT2D eigenvalue weighted by Gasteiger charge is -2.10. The van der Waals surface area contributed by atoms with E-state index >= 15 is 0 Å². The van der Waals surface area contributed by atoms with Crippen LogP contribution in [-0.4, -0.2) is 35.9 Å². The first-order valence-corrected chi connectivity index (χ1v) is 8.55. The van der Waals surface area contributed by atoms with Crippen LogP contribution < -0.4 is 14.8 Å². The van der Waals surface area contributed by atoms with Crippen LogP contribution in [0.15, 0.2) is 30.3 Å². The summed E-state index contributed by atoms with van der Waals surface area (Å²) in [6.07, 6.45) is -2.74. The van der Waals surface area contributed by atoms with E-state index in [-0.39, 0.29) is 31.5 Å². The van der Waals surface area contributed by atoms with Gasteiger partial charge in [-0.25, -0.2) is 0 Å². The van der Waals surface area contributed by atoms with Crippen molar-refractivity contribution in [2.24, 2.45) is 0 Å². The fourth-order valence-electron chi connectivity index (χ4n) is 2.63. The lowest BCUT2D eigenvalue weighted by Crippen LogP contribution is -2.32. The highest BCUT2D eigenvalue weighted by Gasteiger charge is 2.37. The minimum atomic E-state index is -4.47. The fourth-order valence-corrected chi connectivity index (χ4v) is 2.63. The maximum atomic E-state index is 12.9. The van der Waals surface area contributed by atoms with E-state index < -0.39 is 11.9 Å². The van der Waals surface area contributed by atoms with Gasteiger partial charge in [-0.3, -0.25) is 9.48 Å². The Morgan fingerprint density at radius 3 is 2.52 bits per heavy atom. The third-order valence-corrected chi connectivity index (χ3v) is 4.17. The van der Waals surface area contributed by atoms with Gasteiger partial charge < -0.3 is 14.8 Å². The largest absolute Gasteiger partial charge is 0.497 e. The highest BCUT2D eigenvalue weighted by molar-refractivity contribution is 5.77. The topological polar surface area (TPSA) is 65.4 Å². The molecule has 1 aromatic carbocycles. The first-order chi connectivity index (χ1) is 12.9. The fraction of sp³-hybridized carbons (Fsp3) is 0.444. The molecule has 1 aliphatic carbocycles. The Bertz CT molecular complexity index is 783. The summed E-state index contributed by atoms with van der Waals surface area (Å²) in [4.78, 5) is 11.9. The molecule has 2 aromatic rings. The Balaban J connectivity index is 1.47. The Morgan fingerprint density at radius 2 is 1.93 bits per heavy atom. The second-order valence-corrected chi connectivity index (χ2v) is 6.26. The molecule has 1 aliphatic rings. The van der Waals surface area contributed by atoms with Gasteiger partial charge in [-0.15, -0.1) is 0 Å². The van der Waals surface area contributed by atoms with Gasteiger partial charge in [0.05, 0.1) is 13.7 Å². The molecule has 0 spiro atoms. The molecule has 0 bridgehead atoms. The third kappa shape index (κ3) is 5.15. The number of rotatable bonds is 8. The molecular formula is C18H20F3N3O3. The van der Waals surface area contributed by atoms with Gasteiger partial charge in [0, 0.05) is 18.2 Å². The minimum absolute atomic E-state index is 0.128. The van der Waals surface area contributed by atoms with Gasteiger partial charge in [-0.2, -0.15) is 18.3 Å². The first kappa shape index (κ1) is 19.1. The molecule has 1 N–H and O–H groups in total. The van der Waals surface area contributed by atoms with Crippen LogP contribution in [0.4, 0.5) is 13.2 Å². The number of halogens is 3. The van der Waals surface area contributed by atoms with Gasteiger partial charge in [0.1, 0.15) is 11.5 Å². The van der Waals surface area contributed by atoms with E-state index in [1.807, 2.05) is 0 Å². The molecular weight excluding hydrogens is 363 g/mol. The Hall–Kier alpha value is -2.71. The van der Waals surface area contributed by atoms with Crippen LogP contribution in [0.5, 0.6) is 11.5 Å². The van der Waals surface area contributed by atoms with Crippen LogP contribution in [-0.2, 0) is 17.5 Å². The number of aromatic nitrogens is 2.